The average molecular weight is 417 g/mol. The van der Waals surface area contributed by atoms with Gasteiger partial charge in [0.1, 0.15) is 0 Å². The number of halogens is 5. The summed E-state index contributed by atoms with van der Waals surface area (Å²) in [5, 5.41) is 0. The van der Waals surface area contributed by atoms with Gasteiger partial charge in [0.25, 0.3) is 0 Å². The quantitative estimate of drug-likeness (QED) is 0.555. The third kappa shape index (κ3) is 12.2. The van der Waals surface area contributed by atoms with Crippen LogP contribution in [0.5, 0.6) is 0 Å². The van der Waals surface area contributed by atoms with E-state index >= 15 is 0 Å². The van der Waals surface area contributed by atoms with E-state index in [4.69, 9.17) is 0 Å². The van der Waals surface area contributed by atoms with Crippen LogP contribution >= 0.6 is 40.0 Å². The Labute approximate surface area is 85.3 Å². The van der Waals surface area contributed by atoms with Gasteiger partial charge in [-0.2, -0.15) is 13.2 Å². The molecule has 0 radical (unpaired) electrons. The molecule has 0 N–H and O–H groups in total. The Kier molecular flexibility index (Phi) is 10.1. The van der Waals surface area contributed by atoms with Gasteiger partial charge >= 0.3 is 55.6 Å². The standard InChI is InChI=1S/C3H3F3O.2HI.V/c1-2(7)3(4,5)6;;;/h1H3;2*1H;/q;;;+2/p-2. The molecule has 0 aromatic heterocycles. The number of Topliss-reactive ketones (excluding diaryl/α,β-unsaturated/α-hetero) is 1. The molecule has 0 aromatic carbocycles. The van der Waals surface area contributed by atoms with Crippen LogP contribution < -0.4 is 0 Å². The summed E-state index contributed by atoms with van der Waals surface area (Å²) >= 11 is 4.74. The Morgan fingerprint density at radius 2 is 1.50 bits per heavy atom. The third-order valence-corrected chi connectivity index (χ3v) is 0.399. The molecule has 0 bridgehead atoms. The zero-order chi connectivity index (χ0) is 8.78. The minimum absolute atomic E-state index is 0.486. The molecule has 0 rings (SSSR count). The molecule has 0 amide bonds. The van der Waals surface area contributed by atoms with Crippen LogP contribution in [-0.4, -0.2) is 12.0 Å². The number of alkyl halides is 3. The summed E-state index contributed by atoms with van der Waals surface area (Å²) in [6, 6.07) is 0. The molecule has 1 nitrogen and oxygen atoms in total. The zero-order valence-corrected chi connectivity index (χ0v) is 10.5. The predicted octanol–water partition coefficient (Wildman–Crippen LogP) is 2.91. The van der Waals surface area contributed by atoms with Crippen LogP contribution in [0.3, 0.4) is 0 Å². The number of ketones is 1. The molecule has 0 heterocycles. The van der Waals surface area contributed by atoms with Crippen molar-refractivity contribution in [2.24, 2.45) is 0 Å². The number of rotatable bonds is 0. The second-order valence-corrected chi connectivity index (χ2v) is 12.9. The van der Waals surface area contributed by atoms with Crippen LogP contribution in [0.2, 0.25) is 0 Å². The van der Waals surface area contributed by atoms with E-state index in [0.717, 1.165) is 0 Å². The van der Waals surface area contributed by atoms with Gasteiger partial charge in [0, 0.05) is 6.92 Å². The van der Waals surface area contributed by atoms with Crippen molar-refractivity contribution in [1.82, 2.24) is 0 Å². The molecular formula is C3H3F3I2OV. The summed E-state index contributed by atoms with van der Waals surface area (Å²) in [4.78, 5) is 9.34. The first kappa shape index (κ1) is 14.1. The minimum atomic E-state index is -4.64. The van der Waals surface area contributed by atoms with Crippen LogP contribution in [0.1, 0.15) is 6.92 Å². The first-order valence-electron chi connectivity index (χ1n) is 1.86. The fraction of sp³-hybridized carbons (Fsp3) is 0.667. The van der Waals surface area contributed by atoms with Gasteiger partial charge in [-0.25, -0.2) is 0 Å². The summed E-state index contributed by atoms with van der Waals surface area (Å²) in [5.74, 6) is -1.76. The van der Waals surface area contributed by atoms with E-state index in [9.17, 15) is 18.0 Å². The first-order valence-corrected chi connectivity index (χ1v) is 10.9. The third-order valence-electron chi connectivity index (χ3n) is 0.399. The molecule has 0 aliphatic carbocycles. The Morgan fingerprint density at radius 1 is 1.40 bits per heavy atom. The number of hydrogen-bond acceptors (Lipinski definition) is 1. The van der Waals surface area contributed by atoms with E-state index in [-0.39, 0.29) is 0 Å². The number of carbonyl (C=O) groups excluding carboxylic acids is 1. The maximum absolute atomic E-state index is 10.8. The van der Waals surface area contributed by atoms with E-state index in [1.165, 1.54) is 0 Å². The van der Waals surface area contributed by atoms with Gasteiger partial charge in [-0.15, -0.1) is 0 Å². The van der Waals surface area contributed by atoms with Crippen molar-refractivity contribution >= 4 is 45.7 Å². The topological polar surface area (TPSA) is 17.1 Å². The van der Waals surface area contributed by atoms with Crippen molar-refractivity contribution in [3.63, 3.8) is 0 Å². The molecule has 0 unspecified atom stereocenters. The van der Waals surface area contributed by atoms with Crippen LogP contribution in [-0.2, 0) is 14.3 Å². The van der Waals surface area contributed by atoms with Crippen LogP contribution in [0.25, 0.3) is 0 Å². The normalized spacial score (nSPS) is 9.40. The summed E-state index contributed by atoms with van der Waals surface area (Å²) in [7, 11) is 0.628. The fourth-order valence-corrected chi connectivity index (χ4v) is 0. The molecule has 7 heteroatoms. The Morgan fingerprint density at radius 3 is 1.50 bits per heavy atom. The molecule has 0 aliphatic rings. The molecule has 0 aromatic rings. The molecule has 61 valence electrons. The second kappa shape index (κ2) is 7.17. The fourth-order valence-electron chi connectivity index (χ4n) is 0. The molecule has 10 heavy (non-hydrogen) atoms. The predicted molar refractivity (Wildman–Crippen MR) is 44.8 cm³/mol. The summed E-state index contributed by atoms with van der Waals surface area (Å²) in [6.45, 7) is 0.486. The molecule has 0 fully saturated rings. The van der Waals surface area contributed by atoms with E-state index in [0.29, 0.717) is 16.4 Å². The van der Waals surface area contributed by atoms with Crippen LogP contribution in [0.4, 0.5) is 13.2 Å². The molecular weight excluding hydrogens is 414 g/mol. The summed E-state index contributed by atoms with van der Waals surface area (Å²) < 4.78 is 32.5. The SMILES string of the molecule is CC(=O)C(F)(F)F.[I][V][I]. The van der Waals surface area contributed by atoms with Crippen molar-refractivity contribution in [1.29, 1.82) is 0 Å². The Hall–Kier alpha value is 1.50. The van der Waals surface area contributed by atoms with E-state index < -0.39 is 12.0 Å². The van der Waals surface area contributed by atoms with Gasteiger partial charge in [-0.05, 0) is 0 Å². The zero-order valence-electron chi connectivity index (χ0n) is 4.75. The monoisotopic (exact) mass is 417 g/mol. The van der Waals surface area contributed by atoms with E-state index in [1.807, 2.05) is 0 Å². The van der Waals surface area contributed by atoms with Gasteiger partial charge in [0.05, 0.1) is 0 Å². The maximum atomic E-state index is 10.8. The van der Waals surface area contributed by atoms with Gasteiger partial charge in [0.15, 0.2) is 0 Å². The van der Waals surface area contributed by atoms with Crippen molar-refractivity contribution in [2.45, 2.75) is 13.1 Å². The van der Waals surface area contributed by atoms with Crippen LogP contribution in [0, 0.1) is 0 Å². The Balaban J connectivity index is 0. The Bertz CT molecular complexity index is 104. The molecule has 0 saturated carbocycles. The van der Waals surface area contributed by atoms with Gasteiger partial charge in [0.2, 0.25) is 5.78 Å². The van der Waals surface area contributed by atoms with E-state index in [1.54, 1.807) is 0 Å². The molecule has 0 spiro atoms. The van der Waals surface area contributed by atoms with E-state index in [2.05, 4.69) is 40.0 Å². The van der Waals surface area contributed by atoms with Gasteiger partial charge in [-0.3, -0.25) is 4.79 Å². The van der Waals surface area contributed by atoms with Crippen molar-refractivity contribution in [3.8, 4) is 0 Å². The van der Waals surface area contributed by atoms with Gasteiger partial charge in [-0.1, -0.05) is 0 Å². The average Bonchev–Trinajstić information content (AvgIpc) is 1.64. The second-order valence-electron chi connectivity index (χ2n) is 1.12. The number of carbonyl (C=O) groups is 1. The first-order chi connectivity index (χ1) is 4.36. The van der Waals surface area contributed by atoms with Crippen molar-refractivity contribution < 1.29 is 27.4 Å². The van der Waals surface area contributed by atoms with Crippen molar-refractivity contribution in [3.05, 3.63) is 0 Å². The summed E-state index contributed by atoms with van der Waals surface area (Å²) in [5.41, 5.74) is 0. The molecule has 0 atom stereocenters. The summed E-state index contributed by atoms with van der Waals surface area (Å²) in [6.07, 6.45) is -4.64. The molecule has 0 saturated heterocycles. The van der Waals surface area contributed by atoms with Crippen molar-refractivity contribution in [2.75, 3.05) is 0 Å². The van der Waals surface area contributed by atoms with Crippen LogP contribution in [0.15, 0.2) is 0 Å². The number of hydrogen-bond donors (Lipinski definition) is 0. The van der Waals surface area contributed by atoms with Gasteiger partial charge < -0.3 is 0 Å². The molecule has 0 aliphatic heterocycles.